The van der Waals surface area contributed by atoms with Crippen LogP contribution < -0.4 is 0 Å². The van der Waals surface area contributed by atoms with Crippen LogP contribution in [0.5, 0.6) is 0 Å². The average Bonchev–Trinajstić information content (AvgIpc) is 2.96. The van der Waals surface area contributed by atoms with Crippen molar-refractivity contribution in [1.29, 1.82) is 0 Å². The van der Waals surface area contributed by atoms with Crippen LogP contribution in [-0.2, 0) is 14.3 Å². The highest BCUT2D eigenvalue weighted by atomic mass is 16.5. The van der Waals surface area contributed by atoms with Crippen molar-refractivity contribution in [3.05, 3.63) is 0 Å². The molecule has 2 rings (SSSR count). The lowest BCUT2D eigenvalue weighted by atomic mass is 9.91. The minimum absolute atomic E-state index is 0.0961. The van der Waals surface area contributed by atoms with Crippen molar-refractivity contribution in [2.45, 2.75) is 57.1 Å². The fourth-order valence-electron chi connectivity index (χ4n) is 3.57. The molecule has 0 radical (unpaired) electrons. The van der Waals surface area contributed by atoms with E-state index in [-0.39, 0.29) is 23.8 Å². The van der Waals surface area contributed by atoms with E-state index in [4.69, 9.17) is 9.84 Å². The number of carbonyl (C=O) groups excluding carboxylic acids is 1. The van der Waals surface area contributed by atoms with Gasteiger partial charge in [0.2, 0.25) is 5.91 Å². The van der Waals surface area contributed by atoms with Crippen LogP contribution in [0.25, 0.3) is 0 Å². The third-order valence-corrected chi connectivity index (χ3v) is 5.00. The number of carboxylic acids is 1. The number of hydrogen-bond donors (Lipinski definition) is 1. The van der Waals surface area contributed by atoms with Crippen LogP contribution >= 0.6 is 0 Å². The molecule has 0 aliphatic heterocycles. The van der Waals surface area contributed by atoms with E-state index in [1.54, 1.807) is 7.11 Å². The van der Waals surface area contributed by atoms with Crippen molar-refractivity contribution in [1.82, 2.24) is 4.90 Å². The maximum atomic E-state index is 12.5. The normalized spacial score (nSPS) is 33.9. The third-order valence-electron chi connectivity index (χ3n) is 5.00. The molecule has 1 N–H and O–H groups in total. The summed E-state index contributed by atoms with van der Waals surface area (Å²) in [7, 11) is 3.61. The molecule has 2 aliphatic carbocycles. The van der Waals surface area contributed by atoms with E-state index in [1.165, 1.54) is 0 Å². The molecule has 0 unspecified atom stereocenters. The van der Waals surface area contributed by atoms with Crippen molar-refractivity contribution >= 4 is 11.9 Å². The van der Waals surface area contributed by atoms with Gasteiger partial charge in [0, 0.05) is 26.1 Å². The van der Waals surface area contributed by atoms with Gasteiger partial charge in [-0.2, -0.15) is 0 Å². The van der Waals surface area contributed by atoms with Crippen molar-refractivity contribution in [3.8, 4) is 0 Å². The Morgan fingerprint density at radius 3 is 2.15 bits per heavy atom. The number of rotatable bonds is 4. The first-order chi connectivity index (χ1) is 9.52. The summed E-state index contributed by atoms with van der Waals surface area (Å²) in [6, 6.07) is 0.290. The SMILES string of the molecule is COC1CCC(N(C)C(=O)[C@@H]2CC[C@H](C(=O)O)C2)CC1. The zero-order valence-corrected chi connectivity index (χ0v) is 12.4. The van der Waals surface area contributed by atoms with Gasteiger partial charge in [-0.05, 0) is 44.9 Å². The molecule has 1 amide bonds. The van der Waals surface area contributed by atoms with Gasteiger partial charge in [-0.3, -0.25) is 9.59 Å². The number of methoxy groups -OCH3 is 1. The molecule has 0 aromatic heterocycles. The Hall–Kier alpha value is -1.10. The van der Waals surface area contributed by atoms with Gasteiger partial charge in [-0.1, -0.05) is 0 Å². The summed E-state index contributed by atoms with van der Waals surface area (Å²) in [6.45, 7) is 0. The van der Waals surface area contributed by atoms with Crippen molar-refractivity contribution in [2.24, 2.45) is 11.8 Å². The zero-order valence-electron chi connectivity index (χ0n) is 12.4. The molecule has 0 aromatic rings. The van der Waals surface area contributed by atoms with Crippen LogP contribution in [0.15, 0.2) is 0 Å². The molecule has 0 heterocycles. The molecule has 5 nitrogen and oxygen atoms in total. The lowest BCUT2D eigenvalue weighted by Gasteiger charge is -2.35. The van der Waals surface area contributed by atoms with Gasteiger partial charge in [0.1, 0.15) is 0 Å². The van der Waals surface area contributed by atoms with E-state index in [1.807, 2.05) is 11.9 Å². The zero-order chi connectivity index (χ0) is 14.7. The summed E-state index contributed by atoms with van der Waals surface area (Å²) >= 11 is 0. The van der Waals surface area contributed by atoms with E-state index in [0.717, 1.165) is 25.7 Å². The smallest absolute Gasteiger partial charge is 0.306 e. The van der Waals surface area contributed by atoms with Gasteiger partial charge in [0.05, 0.1) is 12.0 Å². The highest BCUT2D eigenvalue weighted by Crippen LogP contribution is 2.33. The van der Waals surface area contributed by atoms with Crippen LogP contribution in [0.3, 0.4) is 0 Å². The molecule has 0 saturated heterocycles. The molecular weight excluding hydrogens is 258 g/mol. The number of carbonyl (C=O) groups is 2. The number of aliphatic carboxylic acids is 1. The van der Waals surface area contributed by atoms with E-state index in [9.17, 15) is 9.59 Å². The van der Waals surface area contributed by atoms with Gasteiger partial charge >= 0.3 is 5.97 Å². The minimum Gasteiger partial charge on any atom is -0.481 e. The maximum absolute atomic E-state index is 12.5. The second-order valence-electron chi connectivity index (χ2n) is 6.16. The van der Waals surface area contributed by atoms with Gasteiger partial charge < -0.3 is 14.7 Å². The van der Waals surface area contributed by atoms with Gasteiger partial charge in [-0.25, -0.2) is 0 Å². The molecule has 0 bridgehead atoms. The quantitative estimate of drug-likeness (QED) is 0.855. The standard InChI is InChI=1S/C15H25NO4/c1-16(12-5-7-13(20-2)8-6-12)14(17)10-3-4-11(9-10)15(18)19/h10-13H,3-9H2,1-2H3,(H,18,19)/t10-,11+,12?,13?/m1/s1. The lowest BCUT2D eigenvalue weighted by molar-refractivity contribution is -0.142. The number of amides is 1. The Kier molecular flexibility index (Phi) is 5.02. The molecule has 2 saturated carbocycles. The van der Waals surface area contributed by atoms with E-state index in [2.05, 4.69) is 0 Å². The summed E-state index contributed by atoms with van der Waals surface area (Å²) in [5.74, 6) is -1.05. The molecule has 5 heteroatoms. The molecule has 0 aromatic carbocycles. The molecule has 2 atom stereocenters. The van der Waals surface area contributed by atoms with Crippen LogP contribution in [0.4, 0.5) is 0 Å². The highest BCUT2D eigenvalue weighted by Gasteiger charge is 2.37. The van der Waals surface area contributed by atoms with E-state index in [0.29, 0.717) is 25.4 Å². The van der Waals surface area contributed by atoms with Crippen molar-refractivity contribution < 1.29 is 19.4 Å². The fourth-order valence-corrected chi connectivity index (χ4v) is 3.57. The first-order valence-corrected chi connectivity index (χ1v) is 7.55. The van der Waals surface area contributed by atoms with Crippen LogP contribution in [-0.4, -0.2) is 48.2 Å². The molecule has 2 fully saturated rings. The van der Waals surface area contributed by atoms with Crippen molar-refractivity contribution in [2.75, 3.05) is 14.2 Å². The minimum atomic E-state index is -0.761. The van der Waals surface area contributed by atoms with E-state index >= 15 is 0 Å². The molecule has 0 spiro atoms. The van der Waals surface area contributed by atoms with Crippen LogP contribution in [0, 0.1) is 11.8 Å². The second-order valence-corrected chi connectivity index (χ2v) is 6.16. The Labute approximate surface area is 120 Å². The van der Waals surface area contributed by atoms with Gasteiger partial charge in [0.25, 0.3) is 0 Å². The second kappa shape index (κ2) is 6.57. The predicted octanol–water partition coefficient (Wildman–Crippen LogP) is 1.90. The predicted molar refractivity (Wildman–Crippen MR) is 74.3 cm³/mol. The third kappa shape index (κ3) is 3.32. The Bertz CT molecular complexity index is 363. The number of ether oxygens (including phenoxy) is 1. The van der Waals surface area contributed by atoms with Gasteiger partial charge in [0.15, 0.2) is 0 Å². The lowest BCUT2D eigenvalue weighted by Crippen LogP contribution is -2.43. The van der Waals surface area contributed by atoms with E-state index < -0.39 is 5.97 Å². The number of hydrogen-bond acceptors (Lipinski definition) is 3. The molecular formula is C15H25NO4. The summed E-state index contributed by atoms with van der Waals surface area (Å²) in [5, 5.41) is 9.02. The Balaban J connectivity index is 1.85. The first-order valence-electron chi connectivity index (χ1n) is 7.55. The Morgan fingerprint density at radius 1 is 1.05 bits per heavy atom. The van der Waals surface area contributed by atoms with Crippen molar-refractivity contribution in [3.63, 3.8) is 0 Å². The first kappa shape index (κ1) is 15.3. The van der Waals surface area contributed by atoms with Crippen LogP contribution in [0.2, 0.25) is 0 Å². The largest absolute Gasteiger partial charge is 0.481 e. The number of nitrogens with zero attached hydrogens (tertiary/aromatic N) is 1. The summed E-state index contributed by atoms with van der Waals surface area (Å²) < 4.78 is 5.35. The molecule has 114 valence electrons. The summed E-state index contributed by atoms with van der Waals surface area (Å²) in [4.78, 5) is 25.3. The molecule has 20 heavy (non-hydrogen) atoms. The Morgan fingerprint density at radius 2 is 1.65 bits per heavy atom. The topological polar surface area (TPSA) is 66.8 Å². The fraction of sp³-hybridized carbons (Fsp3) is 0.867. The summed E-state index contributed by atoms with van der Waals surface area (Å²) in [6.07, 6.45) is 6.15. The van der Waals surface area contributed by atoms with Gasteiger partial charge in [-0.15, -0.1) is 0 Å². The maximum Gasteiger partial charge on any atom is 0.306 e. The number of carboxylic acid groups (broad SMARTS) is 1. The monoisotopic (exact) mass is 283 g/mol. The average molecular weight is 283 g/mol. The highest BCUT2D eigenvalue weighted by molar-refractivity contribution is 5.81. The molecule has 2 aliphatic rings. The van der Waals surface area contributed by atoms with Crippen LogP contribution in [0.1, 0.15) is 44.9 Å². The summed E-state index contributed by atoms with van der Waals surface area (Å²) in [5.41, 5.74) is 0.